The minimum absolute atomic E-state index is 0.00106. The van der Waals surface area contributed by atoms with Crippen LogP contribution < -0.4 is 21.1 Å². The fourth-order valence-corrected chi connectivity index (χ4v) is 9.45. The summed E-state index contributed by atoms with van der Waals surface area (Å²) in [6, 6.07) is 23.7. The molecule has 3 aromatic carbocycles. The maximum Gasteiger partial charge on any atom is 0.438 e. The first-order valence-corrected chi connectivity index (χ1v) is 20.3. The molecule has 306 valence electrons. The van der Waals surface area contributed by atoms with Gasteiger partial charge in [-0.15, -0.1) is 0 Å². The van der Waals surface area contributed by atoms with E-state index >= 15 is 4.79 Å². The van der Waals surface area contributed by atoms with Crippen molar-refractivity contribution in [2.75, 3.05) is 42.6 Å². The molecule has 3 fully saturated rings. The molecular weight excluding hydrogens is 769 g/mol. The van der Waals surface area contributed by atoms with Gasteiger partial charge in [0, 0.05) is 55.0 Å². The van der Waals surface area contributed by atoms with E-state index in [1.807, 2.05) is 54.0 Å². The molecule has 2 saturated heterocycles. The van der Waals surface area contributed by atoms with Crippen molar-refractivity contribution in [1.82, 2.24) is 29.2 Å². The third kappa shape index (κ3) is 6.20. The van der Waals surface area contributed by atoms with E-state index in [4.69, 9.17) is 14.2 Å². The second kappa shape index (κ2) is 14.5. The van der Waals surface area contributed by atoms with Gasteiger partial charge < -0.3 is 19.3 Å². The van der Waals surface area contributed by atoms with Crippen LogP contribution in [0, 0.1) is 5.92 Å². The normalized spacial score (nSPS) is 20.5. The minimum Gasteiger partial charge on any atom is -0.481 e. The van der Waals surface area contributed by atoms with E-state index in [1.165, 1.54) is 15.0 Å². The lowest BCUT2D eigenvalue weighted by atomic mass is 9.91. The van der Waals surface area contributed by atoms with Gasteiger partial charge in [-0.05, 0) is 91.1 Å². The molecule has 16 nitrogen and oxygen atoms in total. The molecular formula is C44H42N8O8. The zero-order valence-corrected chi connectivity index (χ0v) is 32.9. The van der Waals surface area contributed by atoms with Gasteiger partial charge in [-0.2, -0.15) is 0 Å². The lowest BCUT2D eigenvalue weighted by Crippen LogP contribution is -2.43. The Morgan fingerprint density at radius 1 is 0.917 bits per heavy atom. The monoisotopic (exact) mass is 810 g/mol. The largest absolute Gasteiger partial charge is 0.481 e. The lowest BCUT2D eigenvalue weighted by molar-refractivity contribution is -0.136. The summed E-state index contributed by atoms with van der Waals surface area (Å²) >= 11 is 0. The summed E-state index contributed by atoms with van der Waals surface area (Å²) in [5.41, 5.74) is 3.52. The summed E-state index contributed by atoms with van der Waals surface area (Å²) in [5, 5.41) is 14.5. The summed E-state index contributed by atoms with van der Waals surface area (Å²) in [6.07, 6.45) is 2.37. The van der Waals surface area contributed by atoms with Crippen LogP contribution in [-0.4, -0.2) is 85.0 Å². The predicted octanol–water partition coefficient (Wildman–Crippen LogP) is 4.81. The van der Waals surface area contributed by atoms with E-state index < -0.39 is 22.8 Å². The summed E-state index contributed by atoms with van der Waals surface area (Å²) in [7, 11) is 0. The van der Waals surface area contributed by atoms with Gasteiger partial charge in [-0.3, -0.25) is 33.7 Å². The number of para-hydroxylation sites is 1. The highest BCUT2D eigenvalue weighted by atomic mass is 16.5. The Morgan fingerprint density at radius 2 is 1.68 bits per heavy atom. The van der Waals surface area contributed by atoms with Crippen LogP contribution in [0.4, 0.5) is 16.4 Å². The number of aromatic amines is 1. The first-order chi connectivity index (χ1) is 29.1. The minimum atomic E-state index is -1.02. The Morgan fingerprint density at radius 3 is 2.42 bits per heavy atom. The van der Waals surface area contributed by atoms with Gasteiger partial charge in [-0.25, -0.2) is 19.1 Å². The van der Waals surface area contributed by atoms with E-state index in [-0.39, 0.29) is 56.3 Å². The Labute approximate surface area is 342 Å². The molecule has 2 N–H and O–H groups in total. The van der Waals surface area contributed by atoms with E-state index in [2.05, 4.69) is 22.3 Å². The molecule has 6 heterocycles. The van der Waals surface area contributed by atoms with Crippen molar-refractivity contribution < 1.29 is 28.8 Å². The number of carboxylic acids is 1. The number of rotatable bonds is 9. The zero-order valence-electron chi connectivity index (χ0n) is 32.9. The van der Waals surface area contributed by atoms with Gasteiger partial charge in [0.15, 0.2) is 5.82 Å². The van der Waals surface area contributed by atoms with Gasteiger partial charge >= 0.3 is 17.8 Å². The number of urea groups is 1. The number of aliphatic carboxylic acids is 1. The molecule has 3 amide bonds. The van der Waals surface area contributed by atoms with Gasteiger partial charge in [0.25, 0.3) is 11.5 Å². The van der Waals surface area contributed by atoms with Crippen molar-refractivity contribution in [2.24, 2.45) is 5.92 Å². The second-order valence-electron chi connectivity index (χ2n) is 16.2. The number of carboxylic acid groups (broad SMARTS) is 1. The maximum absolute atomic E-state index is 15.0. The molecule has 16 heteroatoms. The summed E-state index contributed by atoms with van der Waals surface area (Å²) in [4.78, 5) is 80.4. The van der Waals surface area contributed by atoms with E-state index in [9.17, 15) is 24.3 Å². The molecule has 0 bridgehead atoms. The van der Waals surface area contributed by atoms with Crippen LogP contribution in [-0.2, 0) is 34.5 Å². The molecule has 1 aliphatic carbocycles. The van der Waals surface area contributed by atoms with Crippen LogP contribution in [0.2, 0.25) is 0 Å². The fraction of sp³-hybridized carbons (Fsp3) is 0.341. The molecule has 0 radical (unpaired) electrons. The van der Waals surface area contributed by atoms with Crippen molar-refractivity contribution in [1.29, 1.82) is 0 Å². The summed E-state index contributed by atoms with van der Waals surface area (Å²) < 4.78 is 14.0. The van der Waals surface area contributed by atoms with E-state index in [0.717, 1.165) is 23.7 Å². The number of nitrogens with zero attached hydrogens (tertiary/aromatic N) is 7. The number of nitrogens with one attached hydrogen (secondary N) is 1. The standard InChI is InChI=1S/C44H42N8O8/c1-26-24-44(26,40-46-42(57)60-47-40)52-35-11-10-29(28-13-18-59-19-14-28)22-30(35)23-36(52)39(56)48-15-12-33-34(25-48)45-41(50-17-16-49(43(50)58)31-7-3-2-4-8-31)51(38(33)55)32-9-5-6-27(20-32)21-37(53)54/h2-11,20,22-23,26,28H,12-19,21,24-25H2,1H3,(H,53,54)(H,46,47,57)/t26-,44+/m0/s1. The highest BCUT2D eigenvalue weighted by molar-refractivity contribution is 6.05. The number of amides is 3. The van der Waals surface area contributed by atoms with Gasteiger partial charge in [-0.1, -0.05) is 48.5 Å². The third-order valence-electron chi connectivity index (χ3n) is 12.6. The number of carbonyl (C=O) groups excluding carboxylic acids is 2. The fourth-order valence-electron chi connectivity index (χ4n) is 9.45. The number of H-pyrrole nitrogens is 1. The van der Waals surface area contributed by atoms with Crippen molar-refractivity contribution in [2.45, 2.75) is 57.0 Å². The third-order valence-corrected chi connectivity index (χ3v) is 12.6. The van der Waals surface area contributed by atoms with Gasteiger partial charge in [0.1, 0.15) is 11.2 Å². The smallest absolute Gasteiger partial charge is 0.438 e. The van der Waals surface area contributed by atoms with Crippen LogP contribution in [0.3, 0.4) is 0 Å². The van der Waals surface area contributed by atoms with Crippen LogP contribution in [0.1, 0.15) is 70.8 Å². The highest BCUT2D eigenvalue weighted by Crippen LogP contribution is 2.56. The Kier molecular flexibility index (Phi) is 9.04. The Bertz CT molecular complexity index is 2820. The van der Waals surface area contributed by atoms with Crippen molar-refractivity contribution in [3.8, 4) is 5.69 Å². The lowest BCUT2D eigenvalue weighted by Gasteiger charge is -2.31. The molecule has 1 saturated carbocycles. The molecule has 6 aromatic rings. The zero-order chi connectivity index (χ0) is 41.3. The number of aromatic nitrogens is 5. The number of fused-ring (bicyclic) bond motifs is 2. The molecule has 3 aromatic heterocycles. The van der Waals surface area contributed by atoms with Crippen molar-refractivity contribution in [3.05, 3.63) is 134 Å². The van der Waals surface area contributed by atoms with E-state index in [1.54, 1.807) is 34.1 Å². The molecule has 10 rings (SSSR count). The molecule has 3 aliphatic heterocycles. The number of benzene rings is 3. The quantitative estimate of drug-likeness (QED) is 0.205. The Hall–Kier alpha value is -6.81. The maximum atomic E-state index is 15.0. The van der Waals surface area contributed by atoms with Gasteiger partial charge in [0.05, 0.1) is 24.3 Å². The van der Waals surface area contributed by atoms with Crippen LogP contribution >= 0.6 is 0 Å². The number of ether oxygens (including phenoxy) is 1. The number of hydrogen-bond acceptors (Lipinski definition) is 9. The molecule has 0 unspecified atom stereocenters. The van der Waals surface area contributed by atoms with Crippen LogP contribution in [0.25, 0.3) is 16.6 Å². The van der Waals surface area contributed by atoms with E-state index in [0.29, 0.717) is 71.8 Å². The van der Waals surface area contributed by atoms with Crippen molar-refractivity contribution >= 4 is 40.4 Å². The number of anilines is 2. The average Bonchev–Trinajstić information content (AvgIpc) is 3.58. The Balaban J connectivity index is 1.06. The average molecular weight is 811 g/mol. The number of hydrogen-bond donors (Lipinski definition) is 2. The SMILES string of the molecule is C[C@H]1C[C@@]1(c1noc(=O)[nH]1)n1c(C(=O)N2CCc3c(nc(N4CCN(c5ccccc5)C4=O)n(-c4cccc(CC(=O)O)c4)c3=O)C2)cc2cc(C3CCOCC3)ccc21. The first kappa shape index (κ1) is 37.5. The molecule has 0 spiro atoms. The van der Waals surface area contributed by atoms with Crippen molar-refractivity contribution in [3.63, 3.8) is 0 Å². The van der Waals surface area contributed by atoms with Crippen LogP contribution in [0.15, 0.2) is 93.0 Å². The van der Waals surface area contributed by atoms with Crippen LogP contribution in [0.5, 0.6) is 0 Å². The molecule has 2 atom stereocenters. The summed E-state index contributed by atoms with van der Waals surface area (Å²) in [5.74, 6) is -1.19. The topological polar surface area (TPSA) is 189 Å². The first-order valence-electron chi connectivity index (χ1n) is 20.3. The highest BCUT2D eigenvalue weighted by Gasteiger charge is 2.59. The molecule has 4 aliphatic rings. The summed E-state index contributed by atoms with van der Waals surface area (Å²) in [6.45, 7) is 4.22. The second-order valence-corrected chi connectivity index (χ2v) is 16.2. The van der Waals surface area contributed by atoms with Gasteiger partial charge in [0.2, 0.25) is 5.95 Å². The predicted molar refractivity (Wildman–Crippen MR) is 219 cm³/mol. The number of carbonyl (C=O) groups is 3. The molecule has 60 heavy (non-hydrogen) atoms.